The summed E-state index contributed by atoms with van der Waals surface area (Å²) in [5, 5.41) is 3.38. The first kappa shape index (κ1) is 12.8. The van der Waals surface area contributed by atoms with E-state index in [0.29, 0.717) is 24.2 Å². The maximum atomic E-state index is 11.9. The molecule has 2 aromatic heterocycles. The first-order chi connectivity index (χ1) is 8.58. The second-order valence-corrected chi connectivity index (χ2v) is 4.93. The van der Waals surface area contributed by atoms with Crippen LogP contribution in [0.1, 0.15) is 26.5 Å². The van der Waals surface area contributed by atoms with Gasteiger partial charge in [0.2, 0.25) is 0 Å². The maximum Gasteiger partial charge on any atom is 0.258 e. The highest BCUT2D eigenvalue weighted by molar-refractivity contribution is 5.37. The largest absolute Gasteiger partial charge is 0.308 e. The summed E-state index contributed by atoms with van der Waals surface area (Å²) in [6, 6.07) is 7.55. The van der Waals surface area contributed by atoms with E-state index in [9.17, 15) is 4.79 Å². The molecule has 0 aliphatic rings. The van der Waals surface area contributed by atoms with Crippen molar-refractivity contribution >= 4 is 5.65 Å². The summed E-state index contributed by atoms with van der Waals surface area (Å²) in [4.78, 5) is 16.3. The molecule has 0 saturated carbocycles. The van der Waals surface area contributed by atoms with Gasteiger partial charge in [0, 0.05) is 24.8 Å². The Morgan fingerprint density at radius 2 is 2.11 bits per heavy atom. The summed E-state index contributed by atoms with van der Waals surface area (Å²) < 4.78 is 1.55. The Labute approximate surface area is 107 Å². The third-order valence-electron chi connectivity index (χ3n) is 3.23. The Morgan fingerprint density at radius 3 is 2.83 bits per heavy atom. The van der Waals surface area contributed by atoms with Gasteiger partial charge in [0.15, 0.2) is 0 Å². The Hall–Kier alpha value is -1.68. The molecule has 1 unspecified atom stereocenters. The van der Waals surface area contributed by atoms with Gasteiger partial charge >= 0.3 is 0 Å². The van der Waals surface area contributed by atoms with E-state index >= 15 is 0 Å². The fraction of sp³-hybridized carbons (Fsp3) is 0.429. The number of rotatable bonds is 4. The van der Waals surface area contributed by atoms with Gasteiger partial charge in [-0.15, -0.1) is 0 Å². The Morgan fingerprint density at radius 1 is 1.33 bits per heavy atom. The number of aromatic nitrogens is 2. The molecular formula is C14H19N3O. The quantitative estimate of drug-likeness (QED) is 0.894. The molecule has 0 fully saturated rings. The standard InChI is InChI=1S/C14H19N3O/c1-10(2)11(3)15-9-12-8-14(18)17-7-5-4-6-13(17)16-12/h4-8,10-11,15H,9H2,1-3H3. The summed E-state index contributed by atoms with van der Waals surface area (Å²) in [6.07, 6.45) is 1.73. The van der Waals surface area contributed by atoms with E-state index in [4.69, 9.17) is 0 Å². The van der Waals surface area contributed by atoms with E-state index in [1.807, 2.05) is 18.2 Å². The van der Waals surface area contributed by atoms with Crippen molar-refractivity contribution in [3.8, 4) is 0 Å². The van der Waals surface area contributed by atoms with Crippen molar-refractivity contribution in [1.82, 2.24) is 14.7 Å². The average Bonchev–Trinajstić information content (AvgIpc) is 2.36. The van der Waals surface area contributed by atoms with Crippen molar-refractivity contribution in [2.45, 2.75) is 33.4 Å². The van der Waals surface area contributed by atoms with Gasteiger partial charge < -0.3 is 5.32 Å². The molecule has 2 rings (SSSR count). The first-order valence-corrected chi connectivity index (χ1v) is 6.28. The van der Waals surface area contributed by atoms with Crippen LogP contribution >= 0.6 is 0 Å². The fourth-order valence-corrected chi connectivity index (χ4v) is 1.69. The summed E-state index contributed by atoms with van der Waals surface area (Å²) in [5.41, 5.74) is 1.45. The van der Waals surface area contributed by atoms with E-state index < -0.39 is 0 Å². The van der Waals surface area contributed by atoms with Crippen LogP contribution in [-0.4, -0.2) is 15.4 Å². The number of nitrogens with zero attached hydrogens (tertiary/aromatic N) is 2. The van der Waals surface area contributed by atoms with Crippen LogP contribution in [0.5, 0.6) is 0 Å². The van der Waals surface area contributed by atoms with Crippen LogP contribution in [0.4, 0.5) is 0 Å². The van der Waals surface area contributed by atoms with Crippen molar-refractivity contribution in [3.63, 3.8) is 0 Å². The summed E-state index contributed by atoms with van der Waals surface area (Å²) >= 11 is 0. The van der Waals surface area contributed by atoms with Crippen molar-refractivity contribution in [2.75, 3.05) is 0 Å². The van der Waals surface area contributed by atoms with Crippen molar-refractivity contribution in [2.24, 2.45) is 5.92 Å². The lowest BCUT2D eigenvalue weighted by Crippen LogP contribution is -2.31. The van der Waals surface area contributed by atoms with Gasteiger partial charge in [0.1, 0.15) is 5.65 Å². The average molecular weight is 245 g/mol. The molecule has 0 aliphatic heterocycles. The molecule has 0 bridgehead atoms. The Kier molecular flexibility index (Phi) is 3.77. The highest BCUT2D eigenvalue weighted by Gasteiger charge is 2.07. The highest BCUT2D eigenvalue weighted by Crippen LogP contribution is 2.02. The molecule has 18 heavy (non-hydrogen) atoms. The van der Waals surface area contributed by atoms with Gasteiger partial charge in [-0.05, 0) is 25.0 Å². The minimum atomic E-state index is -0.0328. The van der Waals surface area contributed by atoms with Crippen molar-refractivity contribution in [3.05, 3.63) is 46.5 Å². The number of hydrogen-bond acceptors (Lipinski definition) is 3. The Balaban J connectivity index is 2.22. The Bertz CT molecular complexity index is 589. The third-order valence-corrected chi connectivity index (χ3v) is 3.23. The maximum absolute atomic E-state index is 11.9. The van der Waals surface area contributed by atoms with Crippen molar-refractivity contribution in [1.29, 1.82) is 0 Å². The number of pyridine rings is 1. The molecule has 4 heteroatoms. The first-order valence-electron chi connectivity index (χ1n) is 6.28. The molecule has 2 aromatic rings. The monoisotopic (exact) mass is 245 g/mol. The topological polar surface area (TPSA) is 46.4 Å². The number of hydrogen-bond donors (Lipinski definition) is 1. The number of nitrogens with one attached hydrogen (secondary N) is 1. The predicted molar refractivity (Wildman–Crippen MR) is 72.6 cm³/mol. The van der Waals surface area contributed by atoms with E-state index in [1.165, 1.54) is 0 Å². The molecule has 1 N–H and O–H groups in total. The molecule has 0 radical (unpaired) electrons. The van der Waals surface area contributed by atoms with Crippen molar-refractivity contribution < 1.29 is 0 Å². The zero-order valence-electron chi connectivity index (χ0n) is 11.1. The second-order valence-electron chi connectivity index (χ2n) is 4.93. The molecule has 2 heterocycles. The summed E-state index contributed by atoms with van der Waals surface area (Å²) in [5.74, 6) is 0.562. The van der Waals surface area contributed by atoms with Crippen LogP contribution in [0.2, 0.25) is 0 Å². The van der Waals surface area contributed by atoms with Gasteiger partial charge in [0.25, 0.3) is 5.56 Å². The normalized spacial score (nSPS) is 13.1. The van der Waals surface area contributed by atoms with E-state index in [2.05, 4.69) is 31.1 Å². The van der Waals surface area contributed by atoms with E-state index in [-0.39, 0.29) is 5.56 Å². The molecule has 0 amide bonds. The third kappa shape index (κ3) is 2.76. The van der Waals surface area contributed by atoms with Crippen LogP contribution in [-0.2, 0) is 6.54 Å². The van der Waals surface area contributed by atoms with Crippen LogP contribution in [0.3, 0.4) is 0 Å². The molecule has 0 aliphatic carbocycles. The lowest BCUT2D eigenvalue weighted by molar-refractivity contribution is 0.424. The minimum absolute atomic E-state index is 0.0328. The van der Waals surface area contributed by atoms with E-state index in [0.717, 1.165) is 5.69 Å². The lowest BCUT2D eigenvalue weighted by atomic mass is 10.1. The molecule has 0 saturated heterocycles. The smallest absolute Gasteiger partial charge is 0.258 e. The fourth-order valence-electron chi connectivity index (χ4n) is 1.69. The zero-order chi connectivity index (χ0) is 13.1. The molecule has 96 valence electrons. The molecule has 0 spiro atoms. The van der Waals surface area contributed by atoms with Gasteiger partial charge in [-0.1, -0.05) is 19.9 Å². The zero-order valence-corrected chi connectivity index (χ0v) is 11.1. The molecule has 0 aromatic carbocycles. The summed E-state index contributed by atoms with van der Waals surface area (Å²) in [7, 11) is 0. The minimum Gasteiger partial charge on any atom is -0.308 e. The SMILES string of the molecule is CC(C)C(C)NCc1cc(=O)n2ccccc2n1. The van der Waals surface area contributed by atoms with Gasteiger partial charge in [-0.2, -0.15) is 0 Å². The van der Waals surface area contributed by atoms with Gasteiger partial charge in [0.05, 0.1) is 5.69 Å². The summed E-state index contributed by atoms with van der Waals surface area (Å²) in [6.45, 7) is 7.10. The highest BCUT2D eigenvalue weighted by atomic mass is 16.1. The van der Waals surface area contributed by atoms with Crippen LogP contribution < -0.4 is 10.9 Å². The van der Waals surface area contributed by atoms with Crippen LogP contribution in [0.25, 0.3) is 5.65 Å². The van der Waals surface area contributed by atoms with Gasteiger partial charge in [-0.25, -0.2) is 4.98 Å². The second kappa shape index (κ2) is 5.31. The predicted octanol–water partition coefficient (Wildman–Crippen LogP) is 1.83. The van der Waals surface area contributed by atoms with Gasteiger partial charge in [-0.3, -0.25) is 9.20 Å². The molecular weight excluding hydrogens is 226 g/mol. The molecule has 1 atom stereocenters. The number of fused-ring (bicyclic) bond motifs is 1. The lowest BCUT2D eigenvalue weighted by Gasteiger charge is -2.17. The van der Waals surface area contributed by atoms with Crippen LogP contribution in [0, 0.1) is 5.92 Å². The molecule has 4 nitrogen and oxygen atoms in total. The van der Waals surface area contributed by atoms with E-state index in [1.54, 1.807) is 16.7 Å². The van der Waals surface area contributed by atoms with Crippen LogP contribution in [0.15, 0.2) is 35.3 Å².